The number of carbonyl (C=O) groups excluding carboxylic acids is 2. The Labute approximate surface area is 148 Å². The molecule has 0 radical (unpaired) electrons. The Hall–Kier alpha value is -2.95. The quantitative estimate of drug-likeness (QED) is 0.498. The molecule has 130 valence electrons. The molecule has 2 amide bonds. The molecule has 25 heavy (non-hydrogen) atoms. The Bertz CT molecular complexity index is 765. The van der Waals surface area contributed by atoms with Crippen molar-refractivity contribution in [1.29, 1.82) is 0 Å². The van der Waals surface area contributed by atoms with Crippen LogP contribution in [0.25, 0.3) is 0 Å². The molecule has 0 aliphatic rings. The number of benzene rings is 2. The van der Waals surface area contributed by atoms with Gasteiger partial charge in [-0.25, -0.2) is 5.43 Å². The molecular formula is C20H23N3O2. The van der Waals surface area contributed by atoms with Crippen molar-refractivity contribution in [3.05, 3.63) is 65.2 Å². The maximum atomic E-state index is 11.9. The van der Waals surface area contributed by atoms with Gasteiger partial charge in [0, 0.05) is 5.69 Å². The summed E-state index contributed by atoms with van der Waals surface area (Å²) in [5, 5.41) is 6.44. The topological polar surface area (TPSA) is 70.6 Å². The van der Waals surface area contributed by atoms with Gasteiger partial charge in [-0.3, -0.25) is 9.59 Å². The molecule has 0 aromatic heterocycles. The second kappa shape index (κ2) is 8.78. The van der Waals surface area contributed by atoms with Gasteiger partial charge in [0.15, 0.2) is 0 Å². The van der Waals surface area contributed by atoms with Gasteiger partial charge in [0.05, 0.1) is 6.21 Å². The highest BCUT2D eigenvalue weighted by Crippen LogP contribution is 2.15. The van der Waals surface area contributed by atoms with Gasteiger partial charge in [-0.1, -0.05) is 63.2 Å². The molecule has 0 saturated carbocycles. The third-order valence-corrected chi connectivity index (χ3v) is 3.84. The van der Waals surface area contributed by atoms with Crippen LogP contribution in [0.5, 0.6) is 0 Å². The average molecular weight is 337 g/mol. The summed E-state index contributed by atoms with van der Waals surface area (Å²) in [4.78, 5) is 23.8. The minimum atomic E-state index is -0.805. The van der Waals surface area contributed by atoms with Crippen molar-refractivity contribution in [2.24, 2.45) is 5.10 Å². The number of carbonyl (C=O) groups is 2. The van der Waals surface area contributed by atoms with E-state index in [1.165, 1.54) is 11.8 Å². The lowest BCUT2D eigenvalue weighted by molar-refractivity contribution is -0.136. The van der Waals surface area contributed by atoms with Crippen molar-refractivity contribution in [1.82, 2.24) is 5.43 Å². The molecule has 0 spiro atoms. The highest BCUT2D eigenvalue weighted by Gasteiger charge is 2.14. The van der Waals surface area contributed by atoms with Gasteiger partial charge in [-0.2, -0.15) is 5.10 Å². The molecular weight excluding hydrogens is 314 g/mol. The number of aryl methyl sites for hydroxylation is 1. The molecule has 2 aromatic rings. The smallest absolute Gasteiger partial charge is 0.317 e. The lowest BCUT2D eigenvalue weighted by atomic mass is 10.0. The highest BCUT2D eigenvalue weighted by molar-refractivity contribution is 6.39. The van der Waals surface area contributed by atoms with E-state index in [0.29, 0.717) is 11.6 Å². The Kier molecular flexibility index (Phi) is 6.46. The van der Waals surface area contributed by atoms with Crippen LogP contribution in [-0.2, 0) is 16.0 Å². The van der Waals surface area contributed by atoms with E-state index in [9.17, 15) is 9.59 Å². The molecule has 0 unspecified atom stereocenters. The van der Waals surface area contributed by atoms with E-state index in [4.69, 9.17) is 0 Å². The van der Waals surface area contributed by atoms with Crippen LogP contribution in [0.4, 0.5) is 5.69 Å². The second-order valence-corrected chi connectivity index (χ2v) is 5.99. The fraction of sp³-hybridized carbons (Fsp3) is 0.250. The maximum Gasteiger partial charge on any atom is 0.329 e. The summed E-state index contributed by atoms with van der Waals surface area (Å²) in [7, 11) is 0. The van der Waals surface area contributed by atoms with Crippen molar-refractivity contribution in [2.45, 2.75) is 33.1 Å². The SMILES string of the molecule is CCc1ccccc1NC(=O)C(=O)NN=Cc1ccc(C(C)C)cc1. The van der Waals surface area contributed by atoms with E-state index in [2.05, 4.69) is 29.7 Å². The van der Waals surface area contributed by atoms with Gasteiger partial charge >= 0.3 is 11.8 Å². The fourth-order valence-corrected chi connectivity index (χ4v) is 2.31. The molecule has 0 fully saturated rings. The van der Waals surface area contributed by atoms with Gasteiger partial charge < -0.3 is 5.32 Å². The number of anilines is 1. The Morgan fingerprint density at radius 2 is 1.72 bits per heavy atom. The molecule has 0 saturated heterocycles. The fourth-order valence-electron chi connectivity index (χ4n) is 2.31. The molecule has 5 heteroatoms. The van der Waals surface area contributed by atoms with E-state index >= 15 is 0 Å². The van der Waals surface area contributed by atoms with Crippen molar-refractivity contribution >= 4 is 23.7 Å². The monoisotopic (exact) mass is 337 g/mol. The first-order chi connectivity index (χ1) is 12.0. The summed E-state index contributed by atoms with van der Waals surface area (Å²) < 4.78 is 0. The first kappa shape index (κ1) is 18.4. The van der Waals surface area contributed by atoms with Crippen LogP contribution < -0.4 is 10.7 Å². The van der Waals surface area contributed by atoms with Gasteiger partial charge in [-0.05, 0) is 35.1 Å². The largest absolute Gasteiger partial charge is 0.329 e. The number of hydrazone groups is 1. The minimum absolute atomic E-state index is 0.459. The van der Waals surface area contributed by atoms with E-state index in [-0.39, 0.29) is 0 Å². The summed E-state index contributed by atoms with van der Waals surface area (Å²) in [6.45, 7) is 6.23. The lowest BCUT2D eigenvalue weighted by Crippen LogP contribution is -2.32. The molecule has 2 rings (SSSR count). The zero-order chi connectivity index (χ0) is 18.2. The maximum absolute atomic E-state index is 11.9. The van der Waals surface area contributed by atoms with Gasteiger partial charge in [0.25, 0.3) is 0 Å². The van der Waals surface area contributed by atoms with Crippen LogP contribution in [0.3, 0.4) is 0 Å². The molecule has 0 atom stereocenters. The first-order valence-electron chi connectivity index (χ1n) is 8.33. The standard InChI is InChI=1S/C20H23N3O2/c1-4-16-7-5-6-8-18(16)22-19(24)20(25)23-21-13-15-9-11-17(12-10-15)14(2)3/h5-14H,4H2,1-3H3,(H,22,24)(H,23,25). The summed E-state index contributed by atoms with van der Waals surface area (Å²) in [5.74, 6) is -1.09. The zero-order valence-electron chi connectivity index (χ0n) is 14.7. The second-order valence-electron chi connectivity index (χ2n) is 5.99. The van der Waals surface area contributed by atoms with E-state index < -0.39 is 11.8 Å². The van der Waals surface area contributed by atoms with E-state index in [1.807, 2.05) is 49.4 Å². The number of para-hydroxylation sites is 1. The highest BCUT2D eigenvalue weighted by atomic mass is 16.2. The summed E-state index contributed by atoms with van der Waals surface area (Å²) >= 11 is 0. The zero-order valence-corrected chi connectivity index (χ0v) is 14.7. The predicted octanol–water partition coefficient (Wildman–Crippen LogP) is 3.46. The van der Waals surface area contributed by atoms with Gasteiger partial charge in [0.1, 0.15) is 0 Å². The number of hydrogen-bond acceptors (Lipinski definition) is 3. The van der Waals surface area contributed by atoms with Crippen LogP contribution in [-0.4, -0.2) is 18.0 Å². The van der Waals surface area contributed by atoms with Crippen molar-refractivity contribution in [2.75, 3.05) is 5.32 Å². The number of nitrogens with zero attached hydrogens (tertiary/aromatic N) is 1. The number of hydrogen-bond donors (Lipinski definition) is 2. The van der Waals surface area contributed by atoms with Crippen LogP contribution in [0.2, 0.25) is 0 Å². The van der Waals surface area contributed by atoms with Crippen molar-refractivity contribution in [3.8, 4) is 0 Å². The molecule has 2 aromatic carbocycles. The summed E-state index contributed by atoms with van der Waals surface area (Å²) in [6, 6.07) is 15.3. The normalized spacial score (nSPS) is 10.9. The molecule has 2 N–H and O–H groups in total. The van der Waals surface area contributed by atoms with Crippen LogP contribution in [0.15, 0.2) is 53.6 Å². The minimum Gasteiger partial charge on any atom is -0.317 e. The van der Waals surface area contributed by atoms with E-state index in [0.717, 1.165) is 17.5 Å². The molecule has 0 heterocycles. The van der Waals surface area contributed by atoms with Crippen molar-refractivity contribution < 1.29 is 9.59 Å². The Morgan fingerprint density at radius 1 is 1.04 bits per heavy atom. The van der Waals surface area contributed by atoms with Crippen LogP contribution >= 0.6 is 0 Å². The van der Waals surface area contributed by atoms with Crippen molar-refractivity contribution in [3.63, 3.8) is 0 Å². The predicted molar refractivity (Wildman–Crippen MR) is 101 cm³/mol. The Balaban J connectivity index is 1.91. The lowest BCUT2D eigenvalue weighted by Gasteiger charge is -2.08. The molecule has 0 bridgehead atoms. The van der Waals surface area contributed by atoms with Gasteiger partial charge in [0.2, 0.25) is 0 Å². The number of nitrogens with one attached hydrogen (secondary N) is 2. The average Bonchev–Trinajstić information content (AvgIpc) is 2.62. The molecule has 5 nitrogen and oxygen atoms in total. The summed E-state index contributed by atoms with van der Waals surface area (Å²) in [5.41, 5.74) is 5.93. The third-order valence-electron chi connectivity index (χ3n) is 3.84. The molecule has 0 aliphatic heterocycles. The van der Waals surface area contributed by atoms with Crippen LogP contribution in [0, 0.1) is 0 Å². The number of rotatable bonds is 5. The van der Waals surface area contributed by atoms with E-state index in [1.54, 1.807) is 6.07 Å². The molecule has 0 aliphatic carbocycles. The first-order valence-corrected chi connectivity index (χ1v) is 8.33. The summed E-state index contributed by atoms with van der Waals surface area (Å²) in [6.07, 6.45) is 2.28. The van der Waals surface area contributed by atoms with Crippen LogP contribution in [0.1, 0.15) is 43.4 Å². The Morgan fingerprint density at radius 3 is 2.36 bits per heavy atom. The third kappa shape index (κ3) is 5.28. The van der Waals surface area contributed by atoms with Gasteiger partial charge in [-0.15, -0.1) is 0 Å². The number of amides is 2.